The van der Waals surface area contributed by atoms with E-state index < -0.39 is 0 Å². The van der Waals surface area contributed by atoms with Crippen molar-refractivity contribution in [1.82, 2.24) is 0 Å². The molecule has 72 valence electrons. The summed E-state index contributed by atoms with van der Waals surface area (Å²) in [5.74, 6) is 0.812. The van der Waals surface area contributed by atoms with Crippen LogP contribution in [0.25, 0.3) is 4.85 Å². The van der Waals surface area contributed by atoms with Gasteiger partial charge in [0.2, 0.25) is 0 Å². The highest BCUT2D eigenvalue weighted by molar-refractivity contribution is 7.80. The van der Waals surface area contributed by atoms with E-state index in [1.165, 1.54) is 0 Å². The molecule has 1 aromatic carbocycles. The van der Waals surface area contributed by atoms with Crippen molar-refractivity contribution in [3.63, 3.8) is 0 Å². The Hall–Kier alpha value is -1.60. The van der Waals surface area contributed by atoms with Crippen LogP contribution < -0.4 is 10.1 Å². The van der Waals surface area contributed by atoms with Crippen molar-refractivity contribution in [2.45, 2.75) is 6.92 Å². The fourth-order valence-electron chi connectivity index (χ4n) is 0.927. The molecule has 0 fully saturated rings. The van der Waals surface area contributed by atoms with Crippen LogP contribution in [0.3, 0.4) is 0 Å². The molecular weight excluding hydrogens is 196 g/mol. The number of nitrogens with zero attached hydrogens (tertiary/aromatic N) is 1. The van der Waals surface area contributed by atoms with Crippen molar-refractivity contribution in [3.05, 3.63) is 29.1 Å². The normalized spacial score (nSPS) is 8.43. The van der Waals surface area contributed by atoms with E-state index in [1.807, 2.05) is 24.3 Å². The molecule has 0 aliphatic rings. The Bertz CT molecular complexity index is 375. The molecule has 1 aromatic rings. The van der Waals surface area contributed by atoms with E-state index in [-0.39, 0.29) is 0 Å². The van der Waals surface area contributed by atoms with Crippen molar-refractivity contribution in [1.29, 1.82) is 0 Å². The maximum Gasteiger partial charge on any atom is 0.453 e. The highest BCUT2D eigenvalue weighted by Crippen LogP contribution is 2.14. The molecule has 0 bridgehead atoms. The molecule has 0 aliphatic carbocycles. The fraction of sp³-hybridized carbons (Fsp3) is 0.200. The molecule has 3 nitrogen and oxygen atoms in total. The maximum atomic E-state index is 5.03. The Morgan fingerprint density at radius 3 is 2.57 bits per heavy atom. The molecular formula is C10H11N2OS+. The van der Waals surface area contributed by atoms with Gasteiger partial charge in [0.15, 0.2) is 6.07 Å². The third kappa shape index (κ3) is 3.04. The summed E-state index contributed by atoms with van der Waals surface area (Å²) in [6.45, 7) is 1.70. The van der Waals surface area contributed by atoms with Crippen molar-refractivity contribution in [3.8, 4) is 11.8 Å². The van der Waals surface area contributed by atoms with E-state index in [2.05, 4.69) is 16.2 Å². The topological polar surface area (TPSA) is 25.6 Å². The fourth-order valence-corrected chi connectivity index (χ4v) is 1.14. The van der Waals surface area contributed by atoms with Gasteiger partial charge in [0, 0.05) is 19.1 Å². The van der Waals surface area contributed by atoms with E-state index in [9.17, 15) is 0 Å². The molecule has 0 radical (unpaired) electrons. The van der Waals surface area contributed by atoms with E-state index >= 15 is 0 Å². The van der Waals surface area contributed by atoms with Gasteiger partial charge in [-0.3, -0.25) is 0 Å². The van der Waals surface area contributed by atoms with Crippen LogP contribution in [-0.2, 0) is 0 Å². The van der Waals surface area contributed by atoms with Gasteiger partial charge in [0.1, 0.15) is 11.4 Å². The van der Waals surface area contributed by atoms with E-state index in [0.29, 0.717) is 5.11 Å². The first-order chi connectivity index (χ1) is 6.76. The quantitative estimate of drug-likeness (QED) is 0.755. The molecule has 0 amide bonds. The summed E-state index contributed by atoms with van der Waals surface area (Å²) in [7, 11) is 1.63. The lowest BCUT2D eigenvalue weighted by Gasteiger charge is -1.98. The van der Waals surface area contributed by atoms with Crippen LogP contribution in [0.1, 0.15) is 6.92 Å². The van der Waals surface area contributed by atoms with Gasteiger partial charge in [-0.2, -0.15) is 0 Å². The van der Waals surface area contributed by atoms with Crippen LogP contribution in [-0.4, -0.2) is 12.2 Å². The molecule has 0 aromatic heterocycles. The minimum Gasteiger partial charge on any atom is -0.497 e. The lowest BCUT2D eigenvalue weighted by molar-refractivity contribution is 0.415. The van der Waals surface area contributed by atoms with Gasteiger partial charge in [-0.25, -0.2) is 5.32 Å². The summed E-state index contributed by atoms with van der Waals surface area (Å²) < 4.78 is 5.03. The van der Waals surface area contributed by atoms with Crippen LogP contribution in [0.2, 0.25) is 0 Å². The molecule has 0 saturated carbocycles. The van der Waals surface area contributed by atoms with Gasteiger partial charge in [0.25, 0.3) is 0 Å². The van der Waals surface area contributed by atoms with Crippen molar-refractivity contribution >= 4 is 23.0 Å². The summed E-state index contributed by atoms with van der Waals surface area (Å²) >= 11 is 4.92. The van der Waals surface area contributed by atoms with Gasteiger partial charge >= 0.3 is 5.11 Å². The van der Waals surface area contributed by atoms with Crippen LogP contribution in [0.5, 0.6) is 5.75 Å². The summed E-state index contributed by atoms with van der Waals surface area (Å²) in [4.78, 5) is 3.80. The van der Waals surface area contributed by atoms with Crippen molar-refractivity contribution in [2.24, 2.45) is 0 Å². The third-order valence-corrected chi connectivity index (χ3v) is 1.75. The molecule has 4 heteroatoms. The first kappa shape index (κ1) is 10.5. The summed E-state index contributed by atoms with van der Waals surface area (Å²) in [5.41, 5.74) is 0.884. The number of methoxy groups -OCH3 is 1. The molecule has 0 aliphatic heterocycles. The van der Waals surface area contributed by atoms with Crippen LogP contribution in [0.4, 0.5) is 5.69 Å². The lowest BCUT2D eigenvalue weighted by Crippen LogP contribution is -2.03. The Morgan fingerprint density at radius 2 is 2.07 bits per heavy atom. The molecule has 1 rings (SSSR count). The zero-order chi connectivity index (χ0) is 10.4. The minimum atomic E-state index is 0.401. The Labute approximate surface area is 88.5 Å². The van der Waals surface area contributed by atoms with Gasteiger partial charge in [-0.1, -0.05) is 0 Å². The second-order valence-corrected chi connectivity index (χ2v) is 2.88. The Balaban J connectivity index is 2.67. The van der Waals surface area contributed by atoms with Gasteiger partial charge in [0.05, 0.1) is 7.11 Å². The Kier molecular flexibility index (Phi) is 3.89. The summed E-state index contributed by atoms with van der Waals surface area (Å²) in [6, 6.07) is 10.1. The number of benzene rings is 1. The molecule has 0 atom stereocenters. The average Bonchev–Trinajstić information content (AvgIpc) is 2.19. The largest absolute Gasteiger partial charge is 0.497 e. The molecule has 14 heavy (non-hydrogen) atoms. The lowest BCUT2D eigenvalue weighted by atomic mass is 10.3. The van der Waals surface area contributed by atoms with E-state index in [1.54, 1.807) is 14.0 Å². The van der Waals surface area contributed by atoms with Crippen molar-refractivity contribution < 1.29 is 4.74 Å². The standard InChI is InChI=1S/C10H10N2OS/c1-3-11-10(14)12-8-4-6-9(13-2)7-5-8/h4-7H,1-2H3/p+1. The van der Waals surface area contributed by atoms with Crippen molar-refractivity contribution in [2.75, 3.05) is 12.4 Å². The van der Waals surface area contributed by atoms with Crippen LogP contribution >= 0.6 is 12.2 Å². The number of anilines is 1. The smallest absolute Gasteiger partial charge is 0.453 e. The molecule has 0 heterocycles. The zero-order valence-corrected chi connectivity index (χ0v) is 8.89. The molecule has 0 unspecified atom stereocenters. The number of rotatable bonds is 2. The van der Waals surface area contributed by atoms with Gasteiger partial charge in [-0.15, -0.1) is 4.85 Å². The predicted molar refractivity (Wildman–Crippen MR) is 62.1 cm³/mol. The minimum absolute atomic E-state index is 0.401. The Morgan fingerprint density at radius 1 is 1.43 bits per heavy atom. The highest BCUT2D eigenvalue weighted by atomic mass is 32.1. The summed E-state index contributed by atoms with van der Waals surface area (Å²) in [5, 5.41) is 3.34. The highest BCUT2D eigenvalue weighted by Gasteiger charge is 2.04. The van der Waals surface area contributed by atoms with E-state index in [0.717, 1.165) is 11.4 Å². The summed E-state index contributed by atoms with van der Waals surface area (Å²) in [6.07, 6.45) is 0. The number of thiocarbonyl (C=S) groups is 1. The predicted octanol–water partition coefficient (Wildman–Crippen LogP) is 2.74. The van der Waals surface area contributed by atoms with E-state index in [4.69, 9.17) is 17.0 Å². The second-order valence-electron chi connectivity index (χ2n) is 2.49. The molecule has 1 N–H and O–H groups in total. The molecule has 0 saturated heterocycles. The third-order valence-electron chi connectivity index (χ3n) is 1.55. The van der Waals surface area contributed by atoms with Gasteiger partial charge in [-0.05, 0) is 24.3 Å². The average molecular weight is 207 g/mol. The SMILES string of the molecule is CC#[N+]C(=S)Nc1ccc(OC)cc1. The maximum absolute atomic E-state index is 5.03. The zero-order valence-electron chi connectivity index (χ0n) is 8.07. The van der Waals surface area contributed by atoms with Crippen LogP contribution in [0, 0.1) is 6.07 Å². The number of ether oxygens (including phenoxy) is 1. The first-order valence-electron chi connectivity index (χ1n) is 4.09. The molecule has 0 spiro atoms. The monoisotopic (exact) mass is 207 g/mol. The van der Waals surface area contributed by atoms with Gasteiger partial charge < -0.3 is 4.74 Å². The number of hydrogen-bond donors (Lipinski definition) is 1. The van der Waals surface area contributed by atoms with Crippen LogP contribution in [0.15, 0.2) is 24.3 Å². The number of nitrogens with one attached hydrogen (secondary N) is 1. The first-order valence-corrected chi connectivity index (χ1v) is 4.49. The number of hydrogen-bond acceptors (Lipinski definition) is 2. The second kappa shape index (κ2) is 5.20.